The lowest BCUT2D eigenvalue weighted by molar-refractivity contribution is -0.113. The highest BCUT2D eigenvalue weighted by Gasteiger charge is 2.18. The van der Waals surface area contributed by atoms with Gasteiger partial charge in [0.2, 0.25) is 5.91 Å². The number of carbonyl (C=O) groups is 1. The SMILES string of the molecule is CCOc1ccc(-n2c(SCC(=O)Nc3ccc(Br)cc3Cl)nnc2-c2ccc(Cl)cc2)cc1. The van der Waals surface area contributed by atoms with Crippen LogP contribution in [0.4, 0.5) is 5.69 Å². The van der Waals surface area contributed by atoms with Gasteiger partial charge in [0.15, 0.2) is 11.0 Å². The standard InChI is InChI=1S/C24H19BrCl2N4O2S/c1-2-33-19-10-8-18(9-11-19)31-23(15-3-6-17(26)7-4-15)29-30-24(31)34-14-22(32)28-21-12-5-16(25)13-20(21)27/h3-13H,2,14H2,1H3,(H,28,32). The molecule has 0 fully saturated rings. The van der Waals surface area contributed by atoms with E-state index in [1.54, 1.807) is 24.3 Å². The van der Waals surface area contributed by atoms with Crippen molar-refractivity contribution in [1.29, 1.82) is 0 Å². The van der Waals surface area contributed by atoms with E-state index in [4.69, 9.17) is 27.9 Å². The maximum absolute atomic E-state index is 12.6. The van der Waals surface area contributed by atoms with Crippen molar-refractivity contribution in [3.63, 3.8) is 0 Å². The number of aromatic nitrogens is 3. The van der Waals surface area contributed by atoms with Crippen LogP contribution < -0.4 is 10.1 Å². The summed E-state index contributed by atoms with van der Waals surface area (Å²) in [5.74, 6) is 1.33. The Morgan fingerprint density at radius 1 is 1.06 bits per heavy atom. The van der Waals surface area contributed by atoms with Crippen molar-refractivity contribution >= 4 is 62.5 Å². The van der Waals surface area contributed by atoms with Crippen LogP contribution in [-0.2, 0) is 4.79 Å². The maximum atomic E-state index is 12.6. The van der Waals surface area contributed by atoms with Crippen molar-refractivity contribution in [2.45, 2.75) is 12.1 Å². The first-order valence-corrected chi connectivity index (χ1v) is 12.8. The fourth-order valence-corrected chi connectivity index (χ4v) is 4.75. The molecule has 0 aliphatic rings. The number of halogens is 3. The Morgan fingerprint density at radius 3 is 2.47 bits per heavy atom. The smallest absolute Gasteiger partial charge is 0.234 e. The number of nitrogens with one attached hydrogen (secondary N) is 1. The van der Waals surface area contributed by atoms with E-state index in [9.17, 15) is 4.79 Å². The van der Waals surface area contributed by atoms with Crippen LogP contribution in [0.2, 0.25) is 10.0 Å². The van der Waals surface area contributed by atoms with Gasteiger partial charge in [0, 0.05) is 20.7 Å². The Balaban J connectivity index is 1.60. The van der Waals surface area contributed by atoms with Gasteiger partial charge in [0.25, 0.3) is 0 Å². The molecule has 1 N–H and O–H groups in total. The second-order valence-corrected chi connectivity index (χ2v) is 9.74. The van der Waals surface area contributed by atoms with Crippen molar-refractivity contribution in [1.82, 2.24) is 14.8 Å². The Labute approximate surface area is 219 Å². The molecule has 1 amide bonds. The third-order valence-corrected chi connectivity index (χ3v) is 6.67. The first-order chi connectivity index (χ1) is 16.4. The van der Waals surface area contributed by atoms with Crippen molar-refractivity contribution in [3.8, 4) is 22.8 Å². The van der Waals surface area contributed by atoms with Gasteiger partial charge in [-0.15, -0.1) is 10.2 Å². The summed E-state index contributed by atoms with van der Waals surface area (Å²) in [5, 5.41) is 13.2. The molecule has 0 aliphatic carbocycles. The summed E-state index contributed by atoms with van der Waals surface area (Å²) < 4.78 is 8.30. The lowest BCUT2D eigenvalue weighted by Crippen LogP contribution is -2.15. The summed E-state index contributed by atoms with van der Waals surface area (Å²) in [5.41, 5.74) is 2.24. The molecule has 6 nitrogen and oxygen atoms in total. The Kier molecular flexibility index (Phi) is 8.15. The van der Waals surface area contributed by atoms with Gasteiger partial charge in [-0.1, -0.05) is 50.9 Å². The summed E-state index contributed by atoms with van der Waals surface area (Å²) in [6.45, 7) is 2.52. The van der Waals surface area contributed by atoms with E-state index in [1.807, 2.05) is 54.0 Å². The molecule has 0 saturated carbocycles. The topological polar surface area (TPSA) is 69.0 Å². The Hall–Kier alpha value is -2.52. The van der Waals surface area contributed by atoms with E-state index in [0.29, 0.717) is 33.3 Å². The van der Waals surface area contributed by atoms with Gasteiger partial charge >= 0.3 is 0 Å². The van der Waals surface area contributed by atoms with Gasteiger partial charge in [-0.25, -0.2) is 0 Å². The summed E-state index contributed by atoms with van der Waals surface area (Å²) in [7, 11) is 0. The quantitative estimate of drug-likeness (QED) is 0.225. The third kappa shape index (κ3) is 5.93. The van der Waals surface area contributed by atoms with Crippen LogP contribution in [0.5, 0.6) is 5.75 Å². The van der Waals surface area contributed by atoms with Crippen LogP contribution in [0.1, 0.15) is 6.92 Å². The maximum Gasteiger partial charge on any atom is 0.234 e. The molecule has 0 spiro atoms. The number of thioether (sulfide) groups is 1. The molecule has 0 radical (unpaired) electrons. The monoisotopic (exact) mass is 576 g/mol. The predicted molar refractivity (Wildman–Crippen MR) is 141 cm³/mol. The molecular formula is C24H19BrCl2N4O2S. The Morgan fingerprint density at radius 2 is 1.79 bits per heavy atom. The van der Waals surface area contributed by atoms with Crippen LogP contribution in [0.25, 0.3) is 17.1 Å². The fourth-order valence-electron chi connectivity index (χ4n) is 3.15. The molecule has 1 heterocycles. The highest BCUT2D eigenvalue weighted by Crippen LogP contribution is 2.30. The van der Waals surface area contributed by atoms with Crippen LogP contribution in [0.3, 0.4) is 0 Å². The van der Waals surface area contributed by atoms with E-state index >= 15 is 0 Å². The van der Waals surface area contributed by atoms with Crippen LogP contribution >= 0.6 is 50.9 Å². The van der Waals surface area contributed by atoms with Crippen molar-refractivity contribution in [3.05, 3.63) is 81.2 Å². The molecule has 0 aliphatic heterocycles. The fraction of sp³-hybridized carbons (Fsp3) is 0.125. The van der Waals surface area contributed by atoms with E-state index in [2.05, 4.69) is 31.4 Å². The predicted octanol–water partition coefficient (Wildman–Crippen LogP) is 7.13. The number of hydrogen-bond donors (Lipinski definition) is 1. The zero-order chi connectivity index (χ0) is 24.1. The van der Waals surface area contributed by atoms with E-state index in [0.717, 1.165) is 21.5 Å². The molecule has 34 heavy (non-hydrogen) atoms. The summed E-state index contributed by atoms with van der Waals surface area (Å²) in [4.78, 5) is 12.6. The average Bonchev–Trinajstić information content (AvgIpc) is 3.25. The Bertz CT molecular complexity index is 1300. The van der Waals surface area contributed by atoms with E-state index < -0.39 is 0 Å². The highest BCUT2D eigenvalue weighted by molar-refractivity contribution is 9.10. The molecule has 0 atom stereocenters. The molecular weight excluding hydrogens is 559 g/mol. The van der Waals surface area contributed by atoms with Gasteiger partial charge < -0.3 is 10.1 Å². The number of carbonyl (C=O) groups excluding carboxylic acids is 1. The number of ether oxygens (including phenoxy) is 1. The first kappa shape index (κ1) is 24.6. The minimum absolute atomic E-state index is 0.127. The minimum atomic E-state index is -0.205. The van der Waals surface area contributed by atoms with Crippen molar-refractivity contribution < 1.29 is 9.53 Å². The highest BCUT2D eigenvalue weighted by atomic mass is 79.9. The van der Waals surface area contributed by atoms with Gasteiger partial charge in [-0.05, 0) is 73.7 Å². The molecule has 0 saturated heterocycles. The van der Waals surface area contributed by atoms with Crippen molar-refractivity contribution in [2.24, 2.45) is 0 Å². The summed E-state index contributed by atoms with van der Waals surface area (Å²) >= 11 is 16.9. The number of hydrogen-bond acceptors (Lipinski definition) is 5. The van der Waals surface area contributed by atoms with Gasteiger partial charge in [0.1, 0.15) is 5.75 Å². The average molecular weight is 578 g/mol. The van der Waals surface area contributed by atoms with Gasteiger partial charge in [-0.2, -0.15) is 0 Å². The second-order valence-electron chi connectivity index (χ2n) is 7.04. The molecule has 10 heteroatoms. The molecule has 0 bridgehead atoms. The van der Waals surface area contributed by atoms with E-state index in [-0.39, 0.29) is 11.7 Å². The normalized spacial score (nSPS) is 10.8. The zero-order valence-corrected chi connectivity index (χ0v) is 21.9. The van der Waals surface area contributed by atoms with Gasteiger partial charge in [-0.3, -0.25) is 9.36 Å². The van der Waals surface area contributed by atoms with Crippen molar-refractivity contribution in [2.75, 3.05) is 17.7 Å². The molecule has 174 valence electrons. The molecule has 4 aromatic rings. The number of nitrogens with zero attached hydrogens (tertiary/aromatic N) is 3. The largest absolute Gasteiger partial charge is 0.494 e. The zero-order valence-electron chi connectivity index (χ0n) is 18.0. The second kappa shape index (κ2) is 11.3. The van der Waals surface area contributed by atoms with E-state index in [1.165, 1.54) is 11.8 Å². The summed E-state index contributed by atoms with van der Waals surface area (Å²) in [6, 6.07) is 20.3. The van der Waals surface area contributed by atoms with Crippen LogP contribution in [0, 0.1) is 0 Å². The lowest BCUT2D eigenvalue weighted by Gasteiger charge is -2.12. The first-order valence-electron chi connectivity index (χ1n) is 10.3. The van der Waals surface area contributed by atoms with Gasteiger partial charge in [0.05, 0.1) is 23.1 Å². The van der Waals surface area contributed by atoms with Crippen LogP contribution in [0.15, 0.2) is 76.4 Å². The van der Waals surface area contributed by atoms with Crippen LogP contribution in [-0.4, -0.2) is 33.0 Å². The molecule has 0 unspecified atom stereocenters. The number of benzene rings is 3. The minimum Gasteiger partial charge on any atom is -0.494 e. The number of anilines is 1. The molecule has 3 aromatic carbocycles. The molecule has 1 aromatic heterocycles. The number of amides is 1. The molecule has 4 rings (SSSR count). The third-order valence-electron chi connectivity index (χ3n) is 4.68. The summed E-state index contributed by atoms with van der Waals surface area (Å²) in [6.07, 6.45) is 0. The lowest BCUT2D eigenvalue weighted by atomic mass is 10.2. The number of rotatable bonds is 8.